The van der Waals surface area contributed by atoms with Gasteiger partial charge in [0.05, 0.1) is 19.2 Å². The van der Waals surface area contributed by atoms with E-state index < -0.39 is 0 Å². The number of amides is 1. The molecule has 0 fully saturated rings. The number of benzene rings is 2. The quantitative estimate of drug-likeness (QED) is 0.605. The molecule has 1 aromatic heterocycles. The van der Waals surface area contributed by atoms with E-state index in [1.54, 1.807) is 12.0 Å². The van der Waals surface area contributed by atoms with Crippen LogP contribution in [0.15, 0.2) is 54.9 Å². The Bertz CT molecular complexity index is 1000. The van der Waals surface area contributed by atoms with Crippen molar-refractivity contribution in [3.05, 3.63) is 71.0 Å². The van der Waals surface area contributed by atoms with Crippen molar-refractivity contribution in [2.24, 2.45) is 0 Å². The van der Waals surface area contributed by atoms with Crippen LogP contribution < -0.4 is 9.64 Å². The smallest absolute Gasteiger partial charge is 0.231 e. The van der Waals surface area contributed by atoms with Gasteiger partial charge in [-0.25, -0.2) is 4.68 Å². The number of nitrogens with zero attached hydrogens (tertiary/aromatic N) is 4. The summed E-state index contributed by atoms with van der Waals surface area (Å²) < 4.78 is 7.11. The summed E-state index contributed by atoms with van der Waals surface area (Å²) in [5, 5.41) is 5.12. The Hall–Kier alpha value is -2.86. The lowest BCUT2D eigenvalue weighted by atomic mass is 9.91. The molecule has 0 bridgehead atoms. The molecule has 150 valence electrons. The number of hydrogen-bond acceptors (Lipinski definition) is 4. The van der Waals surface area contributed by atoms with Crippen molar-refractivity contribution in [2.75, 3.05) is 12.0 Å². The van der Waals surface area contributed by atoms with Crippen LogP contribution in [0.1, 0.15) is 49.4 Å². The van der Waals surface area contributed by atoms with Crippen LogP contribution >= 0.6 is 11.6 Å². The molecule has 7 heteroatoms. The van der Waals surface area contributed by atoms with Crippen molar-refractivity contribution in [1.29, 1.82) is 0 Å². The number of rotatable bonds is 5. The lowest BCUT2D eigenvalue weighted by Gasteiger charge is -2.39. The highest BCUT2D eigenvalue weighted by molar-refractivity contribution is 6.31. The molecule has 2 atom stereocenters. The zero-order valence-corrected chi connectivity index (χ0v) is 17.2. The van der Waals surface area contributed by atoms with Crippen molar-refractivity contribution in [3.63, 3.8) is 0 Å². The second-order valence-corrected chi connectivity index (χ2v) is 7.49. The maximum absolute atomic E-state index is 13.1. The van der Waals surface area contributed by atoms with Crippen LogP contribution in [-0.2, 0) is 4.79 Å². The minimum absolute atomic E-state index is 0.0418. The number of methoxy groups -OCH3 is 1. The molecule has 0 saturated carbocycles. The topological polar surface area (TPSA) is 60.2 Å². The third-order valence-electron chi connectivity index (χ3n) is 5.32. The van der Waals surface area contributed by atoms with Gasteiger partial charge >= 0.3 is 0 Å². The Kier molecular flexibility index (Phi) is 5.53. The molecule has 0 aliphatic carbocycles. The molecule has 1 amide bonds. The van der Waals surface area contributed by atoms with Crippen molar-refractivity contribution in [2.45, 2.75) is 38.3 Å². The van der Waals surface area contributed by atoms with E-state index in [0.717, 1.165) is 23.3 Å². The van der Waals surface area contributed by atoms with Gasteiger partial charge in [-0.2, -0.15) is 10.1 Å². The lowest BCUT2D eigenvalue weighted by Crippen LogP contribution is -2.42. The highest BCUT2D eigenvalue weighted by Gasteiger charge is 2.39. The largest absolute Gasteiger partial charge is 0.497 e. The third-order valence-corrected chi connectivity index (χ3v) is 5.66. The molecule has 29 heavy (non-hydrogen) atoms. The number of ether oxygens (including phenoxy) is 1. The predicted molar refractivity (Wildman–Crippen MR) is 112 cm³/mol. The Balaban J connectivity index is 1.83. The minimum atomic E-state index is -0.169. The predicted octanol–water partition coefficient (Wildman–Crippen LogP) is 4.81. The molecule has 0 spiro atoms. The van der Waals surface area contributed by atoms with E-state index in [1.165, 1.54) is 6.33 Å². The van der Waals surface area contributed by atoms with Gasteiger partial charge in [0.15, 0.2) is 0 Å². The van der Waals surface area contributed by atoms with Crippen molar-refractivity contribution >= 4 is 23.5 Å². The van der Waals surface area contributed by atoms with Crippen LogP contribution in [0.3, 0.4) is 0 Å². The number of fused-ring (bicyclic) bond motifs is 1. The first-order chi connectivity index (χ1) is 14.1. The average molecular weight is 411 g/mol. The zero-order chi connectivity index (χ0) is 20.4. The summed E-state index contributed by atoms with van der Waals surface area (Å²) in [6.45, 7) is 2.00. The van der Waals surface area contributed by atoms with Crippen LogP contribution in [0.4, 0.5) is 5.95 Å². The second kappa shape index (κ2) is 8.25. The van der Waals surface area contributed by atoms with Crippen LogP contribution in [0.2, 0.25) is 5.02 Å². The number of aromatic nitrogens is 3. The first-order valence-electron chi connectivity index (χ1n) is 9.74. The van der Waals surface area contributed by atoms with Crippen LogP contribution in [-0.4, -0.2) is 27.8 Å². The molecule has 6 nitrogen and oxygen atoms in total. The number of halogens is 1. The fraction of sp³-hybridized carbons (Fsp3) is 0.318. The van der Waals surface area contributed by atoms with Gasteiger partial charge in [-0.3, -0.25) is 9.69 Å². The summed E-state index contributed by atoms with van der Waals surface area (Å²) in [4.78, 5) is 19.3. The maximum Gasteiger partial charge on any atom is 0.231 e. The summed E-state index contributed by atoms with van der Waals surface area (Å²) >= 11 is 6.51. The van der Waals surface area contributed by atoms with Gasteiger partial charge in [-0.15, -0.1) is 0 Å². The van der Waals surface area contributed by atoms with Gasteiger partial charge in [0, 0.05) is 11.4 Å². The van der Waals surface area contributed by atoms with Crippen LogP contribution in [0.5, 0.6) is 5.75 Å². The summed E-state index contributed by atoms with van der Waals surface area (Å²) in [5.74, 6) is 1.38. The summed E-state index contributed by atoms with van der Waals surface area (Å²) in [6, 6.07) is 15.3. The van der Waals surface area contributed by atoms with Gasteiger partial charge in [0.1, 0.15) is 12.1 Å². The highest BCUT2D eigenvalue weighted by Crippen LogP contribution is 2.43. The van der Waals surface area contributed by atoms with E-state index >= 15 is 0 Å². The second-order valence-electron chi connectivity index (χ2n) is 7.08. The number of anilines is 1. The SMILES string of the molecule is CCCC(=O)N1c2ncnn2[C@@H](c2ccccc2Cl)C[C@H]1c1ccc(OC)cc1. The van der Waals surface area contributed by atoms with Crippen molar-refractivity contribution < 1.29 is 9.53 Å². The van der Waals surface area contributed by atoms with Gasteiger partial charge in [-0.1, -0.05) is 48.9 Å². The average Bonchev–Trinajstić information content (AvgIpc) is 3.23. The molecule has 0 saturated heterocycles. The van der Waals surface area contributed by atoms with E-state index in [0.29, 0.717) is 23.8 Å². The van der Waals surface area contributed by atoms with E-state index in [2.05, 4.69) is 10.1 Å². The lowest BCUT2D eigenvalue weighted by molar-refractivity contribution is -0.119. The highest BCUT2D eigenvalue weighted by atomic mass is 35.5. The molecule has 3 aromatic rings. The third kappa shape index (κ3) is 3.60. The Morgan fingerprint density at radius 2 is 1.93 bits per heavy atom. The first kappa shape index (κ1) is 19.5. The number of carbonyl (C=O) groups excluding carboxylic acids is 1. The number of hydrogen-bond donors (Lipinski definition) is 0. The summed E-state index contributed by atoms with van der Waals surface area (Å²) in [5.41, 5.74) is 2.00. The Morgan fingerprint density at radius 1 is 1.17 bits per heavy atom. The van der Waals surface area contributed by atoms with E-state index in [4.69, 9.17) is 16.3 Å². The summed E-state index contributed by atoms with van der Waals surface area (Å²) in [6.07, 6.45) is 3.38. The molecule has 0 N–H and O–H groups in total. The molecular weight excluding hydrogens is 388 g/mol. The monoisotopic (exact) mass is 410 g/mol. The van der Waals surface area contributed by atoms with E-state index in [1.807, 2.05) is 60.1 Å². The molecule has 0 unspecified atom stereocenters. The van der Waals surface area contributed by atoms with Crippen LogP contribution in [0, 0.1) is 0 Å². The van der Waals surface area contributed by atoms with Crippen LogP contribution in [0.25, 0.3) is 0 Å². The summed E-state index contributed by atoms with van der Waals surface area (Å²) in [7, 11) is 1.64. The van der Waals surface area contributed by atoms with Crippen molar-refractivity contribution in [3.8, 4) is 5.75 Å². The molecule has 4 rings (SSSR count). The standard InChI is InChI=1S/C22H23ClN4O2/c1-3-6-21(28)26-19(15-9-11-16(29-2)12-10-15)13-20(27-22(26)24-14-25-27)17-7-4-5-8-18(17)23/h4-5,7-12,14,19-20H,3,6,13H2,1-2H3/t19-,20+/m0/s1. The first-order valence-corrected chi connectivity index (χ1v) is 10.1. The minimum Gasteiger partial charge on any atom is -0.497 e. The van der Waals surface area contributed by atoms with E-state index in [-0.39, 0.29) is 18.0 Å². The molecule has 2 aromatic carbocycles. The van der Waals surface area contributed by atoms with Gasteiger partial charge in [0.25, 0.3) is 0 Å². The fourth-order valence-corrected chi connectivity index (χ4v) is 4.19. The maximum atomic E-state index is 13.1. The zero-order valence-electron chi connectivity index (χ0n) is 16.5. The van der Waals surface area contributed by atoms with E-state index in [9.17, 15) is 4.79 Å². The van der Waals surface area contributed by atoms with Gasteiger partial charge in [0.2, 0.25) is 11.9 Å². The fourth-order valence-electron chi connectivity index (χ4n) is 3.93. The Labute approximate surface area is 175 Å². The normalized spacial score (nSPS) is 18.4. The molecule has 0 radical (unpaired) electrons. The Morgan fingerprint density at radius 3 is 2.62 bits per heavy atom. The number of carbonyl (C=O) groups is 1. The molecular formula is C22H23ClN4O2. The molecule has 2 heterocycles. The molecule has 1 aliphatic rings. The molecule has 1 aliphatic heterocycles. The van der Waals surface area contributed by atoms with Gasteiger partial charge in [-0.05, 0) is 42.2 Å². The van der Waals surface area contributed by atoms with Crippen molar-refractivity contribution in [1.82, 2.24) is 14.8 Å². The van der Waals surface area contributed by atoms with Gasteiger partial charge < -0.3 is 4.74 Å².